The van der Waals surface area contributed by atoms with Gasteiger partial charge in [0.25, 0.3) is 0 Å². The molecule has 0 aliphatic carbocycles. The Bertz CT molecular complexity index is 7000. The van der Waals surface area contributed by atoms with E-state index in [1.807, 2.05) is 22.7 Å². The van der Waals surface area contributed by atoms with Crippen LogP contribution in [0.4, 0.5) is 0 Å². The molecule has 0 fully saturated rings. The third-order valence-corrected chi connectivity index (χ3v) is 23.2. The van der Waals surface area contributed by atoms with Gasteiger partial charge in [0.1, 0.15) is 22.3 Å². The highest BCUT2D eigenvalue weighted by atomic mass is 32.1. The quantitative estimate of drug-likeness (QED) is 0.155. The summed E-state index contributed by atoms with van der Waals surface area (Å²) in [5.41, 5.74) is 18.6. The molecular weight excluding hydrogens is 1250 g/mol. The van der Waals surface area contributed by atoms with E-state index in [4.69, 9.17) is 8.83 Å². The minimum absolute atomic E-state index is 0.923. The lowest BCUT2D eigenvalue weighted by Gasteiger charge is -2.18. The highest BCUT2D eigenvalue weighted by Crippen LogP contribution is 2.50. The fraction of sp³-hybridized carbons (Fsp3) is 0. The summed E-state index contributed by atoms with van der Waals surface area (Å²) in [4.78, 5) is 0. The lowest BCUT2D eigenvalue weighted by Crippen LogP contribution is -1.90. The third-order valence-electron chi connectivity index (χ3n) is 20.9. The molecule has 18 aromatic carbocycles. The van der Waals surface area contributed by atoms with Gasteiger partial charge in [0.15, 0.2) is 0 Å². The Kier molecular flexibility index (Phi) is 12.8. The summed E-state index contributed by atoms with van der Waals surface area (Å²) in [6.45, 7) is 0. The zero-order valence-electron chi connectivity index (χ0n) is 54.0. The molecule has 0 saturated carbocycles. The Balaban J connectivity index is 0.000000131. The van der Waals surface area contributed by atoms with E-state index in [-0.39, 0.29) is 0 Å². The molecule has 0 unspecified atom stereocenters. The smallest absolute Gasteiger partial charge is 0.136 e. The Morgan fingerprint density at radius 3 is 1.11 bits per heavy atom. The summed E-state index contributed by atoms with van der Waals surface area (Å²) < 4.78 is 18.1. The van der Waals surface area contributed by atoms with Gasteiger partial charge in [0.05, 0.1) is 0 Å². The molecule has 0 amide bonds. The van der Waals surface area contributed by atoms with Gasteiger partial charge in [-0.1, -0.05) is 273 Å². The average Bonchev–Trinajstić information content (AvgIpc) is 1.07. The average molecular weight is 1310 g/mol. The fourth-order valence-corrected chi connectivity index (χ4v) is 18.7. The van der Waals surface area contributed by atoms with Crippen LogP contribution >= 0.6 is 22.7 Å². The molecular formula is C96H56O2S2. The molecule has 4 heteroatoms. The Morgan fingerprint density at radius 1 is 0.170 bits per heavy atom. The Hall–Kier alpha value is -12.4. The molecule has 0 spiro atoms. The van der Waals surface area contributed by atoms with Gasteiger partial charge in [-0.25, -0.2) is 0 Å². The zero-order valence-corrected chi connectivity index (χ0v) is 55.6. The van der Waals surface area contributed by atoms with E-state index in [2.05, 4.69) is 340 Å². The summed E-state index contributed by atoms with van der Waals surface area (Å²) in [5, 5.41) is 25.1. The topological polar surface area (TPSA) is 26.3 Å². The standard InChI is InChI=1S/2C48H28OS/c1-2-11-31(12-3-1)44-35-14-6-8-16-37(35)45(38-17-9-7-15-36(38)44)32-20-18-29(19-21-32)33-22-25-41-40(28-33)47-42(49-41)26-24-39-46-34-13-5-4-10-30(34)23-27-43(46)50-48(39)47;1-2-10-30(11-3-1)47-35-14-6-8-16-37(35)48(38-17-9-7-15-36(38)47)31-20-18-29(19-21-31)34-22-23-45-41(25-34)42-27-44-40(28-46(42)50-45)39-24-32-12-4-5-13-33(32)26-43(39)49-44/h2*1-28H. The molecule has 0 saturated heterocycles. The fourth-order valence-electron chi connectivity index (χ4n) is 16.3. The largest absolute Gasteiger partial charge is 0.456 e. The second-order valence-electron chi connectivity index (χ2n) is 26.4. The van der Waals surface area contributed by atoms with Crippen molar-refractivity contribution in [3.8, 4) is 66.8 Å². The van der Waals surface area contributed by atoms with Crippen LogP contribution in [0.25, 0.3) is 216 Å². The molecule has 22 rings (SSSR count). The predicted octanol–water partition coefficient (Wildman–Crippen LogP) is 28.8. The van der Waals surface area contributed by atoms with E-state index in [1.165, 1.54) is 188 Å². The number of furan rings is 2. The number of benzene rings is 18. The van der Waals surface area contributed by atoms with Crippen LogP contribution in [0.3, 0.4) is 0 Å². The van der Waals surface area contributed by atoms with Gasteiger partial charge < -0.3 is 8.83 Å². The molecule has 0 aliphatic rings. The van der Waals surface area contributed by atoms with Crippen LogP contribution in [-0.2, 0) is 0 Å². The van der Waals surface area contributed by atoms with Crippen molar-refractivity contribution in [2.24, 2.45) is 0 Å². The number of rotatable bonds is 6. The first-order chi connectivity index (χ1) is 49.6. The van der Waals surface area contributed by atoms with E-state index in [0.29, 0.717) is 0 Å². The van der Waals surface area contributed by atoms with Crippen molar-refractivity contribution in [2.75, 3.05) is 0 Å². The first-order valence-corrected chi connectivity index (χ1v) is 35.8. The van der Waals surface area contributed by atoms with Crippen molar-refractivity contribution in [3.05, 3.63) is 340 Å². The molecule has 0 aliphatic heterocycles. The number of hydrogen-bond donors (Lipinski definition) is 0. The van der Waals surface area contributed by atoms with Crippen molar-refractivity contribution in [3.63, 3.8) is 0 Å². The van der Waals surface area contributed by atoms with Gasteiger partial charge in [-0.2, -0.15) is 0 Å². The van der Waals surface area contributed by atoms with Crippen LogP contribution in [0.5, 0.6) is 0 Å². The second-order valence-corrected chi connectivity index (χ2v) is 28.6. The van der Waals surface area contributed by atoms with Crippen LogP contribution in [-0.4, -0.2) is 0 Å². The van der Waals surface area contributed by atoms with Crippen molar-refractivity contribution in [1.82, 2.24) is 0 Å². The molecule has 0 bridgehead atoms. The Labute approximate surface area is 582 Å². The van der Waals surface area contributed by atoms with Crippen LogP contribution in [0, 0.1) is 0 Å². The van der Waals surface area contributed by atoms with Crippen LogP contribution in [0.15, 0.2) is 349 Å². The van der Waals surface area contributed by atoms with Gasteiger partial charge in [0.2, 0.25) is 0 Å². The molecule has 2 nitrogen and oxygen atoms in total. The summed E-state index contributed by atoms with van der Waals surface area (Å²) in [7, 11) is 0. The van der Waals surface area contributed by atoms with Crippen molar-refractivity contribution in [1.29, 1.82) is 0 Å². The second kappa shape index (κ2) is 22.6. The van der Waals surface area contributed by atoms with E-state index >= 15 is 0 Å². The van der Waals surface area contributed by atoms with Crippen molar-refractivity contribution >= 4 is 172 Å². The van der Waals surface area contributed by atoms with Gasteiger partial charge >= 0.3 is 0 Å². The number of thiophene rings is 2. The van der Waals surface area contributed by atoms with Gasteiger partial charge in [-0.3, -0.25) is 0 Å². The third kappa shape index (κ3) is 8.94. The number of hydrogen-bond acceptors (Lipinski definition) is 4. The van der Waals surface area contributed by atoms with E-state index in [1.54, 1.807) is 0 Å². The van der Waals surface area contributed by atoms with E-state index < -0.39 is 0 Å². The molecule has 0 atom stereocenters. The molecule has 22 aromatic rings. The first-order valence-electron chi connectivity index (χ1n) is 34.2. The van der Waals surface area contributed by atoms with Crippen molar-refractivity contribution in [2.45, 2.75) is 0 Å². The molecule has 0 radical (unpaired) electrons. The molecule has 4 aromatic heterocycles. The lowest BCUT2D eigenvalue weighted by atomic mass is 9.86. The van der Waals surface area contributed by atoms with Crippen LogP contribution in [0.2, 0.25) is 0 Å². The normalized spacial score (nSPS) is 12.0. The van der Waals surface area contributed by atoms with Crippen LogP contribution in [0.1, 0.15) is 0 Å². The number of fused-ring (bicyclic) bond motifs is 20. The maximum absolute atomic E-state index is 6.46. The summed E-state index contributed by atoms with van der Waals surface area (Å²) in [6, 6.07) is 124. The van der Waals surface area contributed by atoms with Crippen molar-refractivity contribution < 1.29 is 8.83 Å². The minimum atomic E-state index is 0.923. The molecule has 4 heterocycles. The highest BCUT2D eigenvalue weighted by molar-refractivity contribution is 7.27. The van der Waals surface area contributed by atoms with Gasteiger partial charge in [-0.05, 0) is 198 Å². The lowest BCUT2D eigenvalue weighted by molar-refractivity contribution is 0.669. The summed E-state index contributed by atoms with van der Waals surface area (Å²) >= 11 is 3.72. The summed E-state index contributed by atoms with van der Waals surface area (Å²) in [6.07, 6.45) is 0. The Morgan fingerprint density at radius 2 is 0.560 bits per heavy atom. The minimum Gasteiger partial charge on any atom is -0.456 e. The molecule has 100 heavy (non-hydrogen) atoms. The maximum Gasteiger partial charge on any atom is 0.136 e. The molecule has 464 valence electrons. The first kappa shape index (κ1) is 56.7. The van der Waals surface area contributed by atoms with Crippen LogP contribution < -0.4 is 0 Å². The zero-order chi connectivity index (χ0) is 65.5. The molecule has 0 N–H and O–H groups in total. The summed E-state index contributed by atoms with van der Waals surface area (Å²) in [5.74, 6) is 0. The monoisotopic (exact) mass is 1300 g/mol. The van der Waals surface area contributed by atoms with Gasteiger partial charge in [0, 0.05) is 61.9 Å². The van der Waals surface area contributed by atoms with Gasteiger partial charge in [-0.15, -0.1) is 22.7 Å². The maximum atomic E-state index is 6.46. The van der Waals surface area contributed by atoms with E-state index in [0.717, 1.165) is 27.7 Å². The highest BCUT2D eigenvalue weighted by Gasteiger charge is 2.22. The predicted molar refractivity (Wildman–Crippen MR) is 431 cm³/mol. The van der Waals surface area contributed by atoms with E-state index in [9.17, 15) is 0 Å². The SMILES string of the molecule is c1ccc(-c2c3ccccc3c(-c3ccc(-c4ccc5oc6ccc7c(sc8ccc9ccccc9c87)c6c5c4)cc3)c3ccccc23)cc1.c1ccc(-c2c3ccccc3c(-c3ccc(-c4ccc5sc6cc7c(cc6c5c4)oc4cc5ccccc5cc47)cc3)c3ccccc23)cc1.